The first kappa shape index (κ1) is 5.92. The second kappa shape index (κ2) is 1.83. The second-order valence-corrected chi connectivity index (χ2v) is 2.82. The van der Waals surface area contributed by atoms with Gasteiger partial charge in [0.05, 0.1) is 5.69 Å². The summed E-state index contributed by atoms with van der Waals surface area (Å²) in [6.45, 7) is 3.54. The molecule has 0 fully saturated rings. The highest BCUT2D eigenvalue weighted by atomic mass is 16.3. The lowest BCUT2D eigenvalue weighted by Crippen LogP contribution is -2.37. The Kier molecular flexibility index (Phi) is 1.08. The van der Waals surface area contributed by atoms with Gasteiger partial charge in [0.1, 0.15) is 12.6 Å². The van der Waals surface area contributed by atoms with Crippen LogP contribution in [-0.4, -0.2) is 15.9 Å². The summed E-state index contributed by atoms with van der Waals surface area (Å²) in [4.78, 5) is 0. The van der Waals surface area contributed by atoms with E-state index in [4.69, 9.17) is 0 Å². The Balaban J connectivity index is 2.44. The van der Waals surface area contributed by atoms with E-state index >= 15 is 0 Å². The third kappa shape index (κ3) is 0.671. The molecule has 10 heavy (non-hydrogen) atoms. The van der Waals surface area contributed by atoms with Crippen molar-refractivity contribution >= 4 is 0 Å². The van der Waals surface area contributed by atoms with Crippen LogP contribution in [0.2, 0.25) is 0 Å². The molecule has 2 rings (SSSR count). The van der Waals surface area contributed by atoms with E-state index in [1.807, 2.05) is 10.9 Å². The molecule has 3 heteroatoms. The van der Waals surface area contributed by atoms with Crippen molar-refractivity contribution in [3.8, 4) is 0 Å². The van der Waals surface area contributed by atoms with Crippen molar-refractivity contribution < 1.29 is 9.79 Å². The van der Waals surface area contributed by atoms with E-state index in [2.05, 4.69) is 17.7 Å². The fourth-order valence-electron chi connectivity index (χ4n) is 1.44. The molecule has 0 amide bonds. The fraction of sp³-hybridized carbons (Fsp3) is 0.571. The topological polar surface area (TPSA) is 29.0 Å². The van der Waals surface area contributed by atoms with Gasteiger partial charge in [0.15, 0.2) is 12.7 Å². The Morgan fingerprint density at radius 1 is 1.80 bits per heavy atom. The first-order chi connectivity index (χ1) is 4.77. The summed E-state index contributed by atoms with van der Waals surface area (Å²) >= 11 is 0. The normalized spacial score (nSPS) is 23.2. The zero-order valence-electron chi connectivity index (χ0n) is 5.99. The van der Waals surface area contributed by atoms with Gasteiger partial charge in [-0.1, -0.05) is 0 Å². The average molecular weight is 139 g/mol. The molecule has 0 radical (unpaired) electrons. The van der Waals surface area contributed by atoms with Crippen LogP contribution < -0.4 is 4.68 Å². The van der Waals surface area contributed by atoms with E-state index in [1.54, 1.807) is 0 Å². The van der Waals surface area contributed by atoms with Crippen LogP contribution in [0.3, 0.4) is 0 Å². The molecule has 0 saturated heterocycles. The monoisotopic (exact) mass is 139 g/mol. The number of hydrogen-bond acceptors (Lipinski definition) is 1. The molecular weight excluding hydrogens is 128 g/mol. The molecule has 1 aromatic heterocycles. The van der Waals surface area contributed by atoms with Gasteiger partial charge in [-0.2, -0.15) is 4.68 Å². The Labute approximate surface area is 59.5 Å². The van der Waals surface area contributed by atoms with Gasteiger partial charge in [-0.3, -0.25) is 0 Å². The molecule has 1 N–H and O–H groups in total. The van der Waals surface area contributed by atoms with Gasteiger partial charge in [-0.05, 0) is 6.92 Å². The minimum absolute atomic E-state index is 0.181. The highest BCUT2D eigenvalue weighted by Crippen LogP contribution is 2.03. The van der Waals surface area contributed by atoms with E-state index in [0.29, 0.717) is 0 Å². The van der Waals surface area contributed by atoms with Crippen LogP contribution in [0.5, 0.6) is 0 Å². The van der Waals surface area contributed by atoms with Gasteiger partial charge in [0.2, 0.25) is 0 Å². The zero-order valence-corrected chi connectivity index (χ0v) is 5.99. The fourth-order valence-corrected chi connectivity index (χ4v) is 1.44. The minimum atomic E-state index is -0.181. The SMILES string of the molecule is Cc1cc[n+]2n1CC(O)C2. The highest BCUT2D eigenvalue weighted by Gasteiger charge is 2.26. The number of aliphatic hydroxyl groups excluding tert-OH is 1. The maximum absolute atomic E-state index is 9.22. The predicted molar refractivity (Wildman–Crippen MR) is 35.4 cm³/mol. The molecule has 1 aliphatic heterocycles. The van der Waals surface area contributed by atoms with E-state index in [1.165, 1.54) is 5.69 Å². The summed E-state index contributed by atoms with van der Waals surface area (Å²) < 4.78 is 4.13. The van der Waals surface area contributed by atoms with Gasteiger partial charge in [-0.25, -0.2) is 0 Å². The molecule has 0 aromatic carbocycles. The molecule has 54 valence electrons. The molecule has 0 bridgehead atoms. The summed E-state index contributed by atoms with van der Waals surface area (Å²) in [7, 11) is 0. The first-order valence-corrected chi connectivity index (χ1v) is 3.51. The van der Waals surface area contributed by atoms with E-state index in [9.17, 15) is 5.11 Å². The molecule has 1 aromatic rings. The van der Waals surface area contributed by atoms with Gasteiger partial charge >= 0.3 is 0 Å². The molecule has 1 unspecified atom stereocenters. The predicted octanol–water partition coefficient (Wildman–Crippen LogP) is -0.541. The van der Waals surface area contributed by atoms with Crippen molar-refractivity contribution in [2.24, 2.45) is 0 Å². The molecule has 0 saturated carbocycles. The van der Waals surface area contributed by atoms with Crippen LogP contribution in [0.25, 0.3) is 0 Å². The van der Waals surface area contributed by atoms with Crippen LogP contribution >= 0.6 is 0 Å². The van der Waals surface area contributed by atoms with E-state index < -0.39 is 0 Å². The summed E-state index contributed by atoms with van der Waals surface area (Å²) in [6, 6.07) is 2.06. The van der Waals surface area contributed by atoms with Crippen LogP contribution in [0.15, 0.2) is 12.3 Å². The summed E-state index contributed by atoms with van der Waals surface area (Å²) in [5, 5.41) is 9.22. The maximum Gasteiger partial charge on any atom is 0.199 e. The molecule has 2 heterocycles. The number of aliphatic hydroxyl groups is 1. The van der Waals surface area contributed by atoms with Gasteiger partial charge in [-0.15, -0.1) is 4.68 Å². The number of rotatable bonds is 0. The van der Waals surface area contributed by atoms with Gasteiger partial charge < -0.3 is 5.11 Å². The molecule has 1 atom stereocenters. The largest absolute Gasteiger partial charge is 0.384 e. The molecule has 0 spiro atoms. The maximum atomic E-state index is 9.22. The average Bonchev–Trinajstić information content (AvgIpc) is 2.35. The quantitative estimate of drug-likeness (QED) is 0.480. The lowest BCUT2D eigenvalue weighted by molar-refractivity contribution is -0.760. The van der Waals surface area contributed by atoms with Crippen LogP contribution in [0, 0.1) is 6.92 Å². The minimum Gasteiger partial charge on any atom is -0.384 e. The number of fused-ring (bicyclic) bond motifs is 1. The van der Waals surface area contributed by atoms with Crippen molar-refractivity contribution in [2.75, 3.05) is 0 Å². The summed E-state index contributed by atoms with van der Waals surface area (Å²) in [6.07, 6.45) is 1.82. The Morgan fingerprint density at radius 2 is 2.60 bits per heavy atom. The van der Waals surface area contributed by atoms with Crippen molar-refractivity contribution in [1.29, 1.82) is 0 Å². The molecule has 3 nitrogen and oxygen atoms in total. The Hall–Kier alpha value is -0.830. The summed E-state index contributed by atoms with van der Waals surface area (Å²) in [5.41, 5.74) is 1.22. The highest BCUT2D eigenvalue weighted by molar-refractivity contribution is 4.93. The smallest absolute Gasteiger partial charge is 0.199 e. The van der Waals surface area contributed by atoms with Gasteiger partial charge in [0, 0.05) is 6.07 Å². The van der Waals surface area contributed by atoms with Crippen LogP contribution in [-0.2, 0) is 13.1 Å². The second-order valence-electron chi connectivity index (χ2n) is 2.82. The van der Waals surface area contributed by atoms with Crippen molar-refractivity contribution in [3.63, 3.8) is 0 Å². The van der Waals surface area contributed by atoms with Crippen LogP contribution in [0.4, 0.5) is 0 Å². The summed E-state index contributed by atoms with van der Waals surface area (Å²) in [5.74, 6) is 0. The Bertz CT molecular complexity index is 254. The molecular formula is C7H11N2O+. The molecule has 1 aliphatic rings. The number of aromatic nitrogens is 2. The lowest BCUT2D eigenvalue weighted by Gasteiger charge is -1.91. The Morgan fingerprint density at radius 3 is 3.30 bits per heavy atom. The van der Waals surface area contributed by atoms with Crippen molar-refractivity contribution in [2.45, 2.75) is 26.1 Å². The van der Waals surface area contributed by atoms with E-state index in [-0.39, 0.29) is 6.10 Å². The van der Waals surface area contributed by atoms with Crippen molar-refractivity contribution in [3.05, 3.63) is 18.0 Å². The van der Waals surface area contributed by atoms with Crippen LogP contribution in [0.1, 0.15) is 5.69 Å². The number of nitrogens with zero attached hydrogens (tertiary/aromatic N) is 2. The zero-order chi connectivity index (χ0) is 7.14. The lowest BCUT2D eigenvalue weighted by atomic mass is 10.3. The van der Waals surface area contributed by atoms with Crippen molar-refractivity contribution in [1.82, 2.24) is 4.68 Å². The first-order valence-electron chi connectivity index (χ1n) is 3.51. The number of hydrogen-bond donors (Lipinski definition) is 1. The van der Waals surface area contributed by atoms with Gasteiger partial charge in [0.25, 0.3) is 0 Å². The standard InChI is InChI=1S/C7H11N2O/c1-6-2-3-8-4-7(10)5-9(6)8/h2-3,7,10H,4-5H2,1H3/q+1. The third-order valence-corrected chi connectivity index (χ3v) is 1.99. The number of aryl methyl sites for hydroxylation is 1. The van der Waals surface area contributed by atoms with E-state index in [0.717, 1.165) is 13.1 Å². The third-order valence-electron chi connectivity index (χ3n) is 1.99. The molecule has 0 aliphatic carbocycles.